The van der Waals surface area contributed by atoms with Crippen LogP contribution in [0.15, 0.2) is 132 Å². The first-order valence-electron chi connectivity index (χ1n) is 15.4. The Balaban J connectivity index is 0.000000126. The van der Waals surface area contributed by atoms with E-state index in [1.165, 1.54) is 21.5 Å². The van der Waals surface area contributed by atoms with Gasteiger partial charge >= 0.3 is 0 Å². The largest absolute Gasteiger partial charge is 0.394 e. The normalized spacial score (nSPS) is 18.3. The molecule has 10 heteroatoms. The van der Waals surface area contributed by atoms with Crippen molar-refractivity contribution in [2.24, 2.45) is 10.3 Å². The molecule has 241 valence electrons. The molecule has 0 aliphatic carbocycles. The number of hydrogen-bond donors (Lipinski definition) is 2. The summed E-state index contributed by atoms with van der Waals surface area (Å²) in [7, 11) is 0. The molecule has 9 rings (SSSR count). The van der Waals surface area contributed by atoms with Crippen molar-refractivity contribution in [1.29, 1.82) is 0 Å². The first kappa shape index (κ1) is 33.1. The Bertz CT molecular complexity index is 2010. The summed E-state index contributed by atoms with van der Waals surface area (Å²) in [6.45, 7) is 0.298. The molecule has 0 spiro atoms. The summed E-state index contributed by atoms with van der Waals surface area (Å²) in [6.07, 6.45) is 4.21. The molecule has 9 nitrogen and oxygen atoms in total. The Kier molecular flexibility index (Phi) is 10.6. The van der Waals surface area contributed by atoms with Crippen molar-refractivity contribution >= 4 is 49.1 Å². The van der Waals surface area contributed by atoms with Crippen LogP contribution in [0.1, 0.15) is 12.1 Å². The van der Waals surface area contributed by atoms with Gasteiger partial charge < -0.3 is 24.9 Å². The molecule has 0 unspecified atom stereocenters. The van der Waals surface area contributed by atoms with Crippen LogP contribution in [0, 0.1) is 12.1 Å². The second kappa shape index (κ2) is 15.4. The molecule has 48 heavy (non-hydrogen) atoms. The van der Waals surface area contributed by atoms with Gasteiger partial charge in [0.05, 0.1) is 17.8 Å². The van der Waals surface area contributed by atoms with E-state index in [0.717, 1.165) is 33.2 Å². The minimum Gasteiger partial charge on any atom is -0.394 e. The van der Waals surface area contributed by atoms with Crippen molar-refractivity contribution in [2.75, 3.05) is 13.2 Å². The standard InChI is InChI=1S/2C13H8N.C12H15N4O3.Ir/c2*1-2-6-12-10(4-1)7-8-11-5-3-9-14-13(11)12;17-7-11-10(18)5-12(19-11)16-6-9(14-15-16)8-3-1-2-4-13-8;/h2*1-5,7-9H;1-4,10-12,17-18H,5-7H2;/q2*-1;+1;/t;;10-,11-,12-;/m..1./s1. The quantitative estimate of drug-likeness (QED) is 0.127. The average molecular weight is 812 g/mol. The van der Waals surface area contributed by atoms with E-state index in [9.17, 15) is 5.11 Å². The number of hydrogen-bond acceptors (Lipinski definition) is 8. The van der Waals surface area contributed by atoms with Crippen molar-refractivity contribution < 1.29 is 39.8 Å². The summed E-state index contributed by atoms with van der Waals surface area (Å²) < 4.78 is 7.20. The summed E-state index contributed by atoms with van der Waals surface area (Å²) >= 11 is 0. The molecule has 4 aromatic carbocycles. The number of benzene rings is 4. The van der Waals surface area contributed by atoms with Crippen LogP contribution in [-0.2, 0) is 24.8 Å². The summed E-state index contributed by atoms with van der Waals surface area (Å²) in [4.78, 5) is 13.0. The maximum Gasteiger partial charge on any atom is 0.249 e. The smallest absolute Gasteiger partial charge is 0.249 e. The summed E-state index contributed by atoms with van der Waals surface area (Å²) in [5.41, 5.74) is 3.62. The SMILES string of the molecule is OC[C@H]1O[C@@H]([N+]2=NN=C(c3ccccn3)C2)C[C@H]1O.[Ir].[c-]1cccc2ccc3cccnc3c12.[c-]1cccc2ccc3cccnc3c12. The summed E-state index contributed by atoms with van der Waals surface area (Å²) in [5, 5.41) is 33.8. The van der Waals surface area contributed by atoms with Gasteiger partial charge in [0.25, 0.3) is 0 Å². The number of nitrogens with zero attached hydrogens (tertiary/aromatic N) is 6. The van der Waals surface area contributed by atoms with E-state index in [0.29, 0.717) is 13.0 Å². The number of aliphatic hydroxyl groups is 2. The van der Waals surface area contributed by atoms with E-state index in [1.54, 1.807) is 10.9 Å². The molecular weight excluding hydrogens is 781 g/mol. The predicted octanol–water partition coefficient (Wildman–Crippen LogP) is 6.11. The average Bonchev–Trinajstić information content (AvgIpc) is 3.79. The van der Waals surface area contributed by atoms with E-state index >= 15 is 0 Å². The molecule has 2 N–H and O–H groups in total. The van der Waals surface area contributed by atoms with E-state index < -0.39 is 12.2 Å². The van der Waals surface area contributed by atoms with Crippen LogP contribution in [0.25, 0.3) is 43.4 Å². The Morgan fingerprint density at radius 1 is 0.708 bits per heavy atom. The molecule has 0 bridgehead atoms. The molecule has 7 aromatic rings. The van der Waals surface area contributed by atoms with Crippen molar-refractivity contribution in [1.82, 2.24) is 15.0 Å². The Morgan fingerprint density at radius 2 is 1.29 bits per heavy atom. The van der Waals surface area contributed by atoms with Crippen LogP contribution in [0.4, 0.5) is 0 Å². The van der Waals surface area contributed by atoms with Gasteiger partial charge in [-0.1, -0.05) is 42.5 Å². The van der Waals surface area contributed by atoms with Crippen LogP contribution in [0.2, 0.25) is 0 Å². The number of aliphatic hydroxyl groups excluding tert-OH is 2. The van der Waals surface area contributed by atoms with Gasteiger partial charge in [-0.15, -0.1) is 74.8 Å². The number of fused-ring (bicyclic) bond motifs is 6. The van der Waals surface area contributed by atoms with Gasteiger partial charge in [0.2, 0.25) is 11.9 Å². The van der Waals surface area contributed by atoms with Crippen LogP contribution in [0.5, 0.6) is 0 Å². The fourth-order valence-corrected chi connectivity index (χ4v) is 5.69. The third kappa shape index (κ3) is 7.18. The van der Waals surface area contributed by atoms with E-state index in [-0.39, 0.29) is 32.9 Å². The van der Waals surface area contributed by atoms with Crippen LogP contribution in [0.3, 0.4) is 0 Å². The number of aromatic nitrogens is 3. The topological polar surface area (TPSA) is 116 Å². The van der Waals surface area contributed by atoms with Crippen LogP contribution >= 0.6 is 0 Å². The molecule has 1 saturated heterocycles. The molecule has 2 aliphatic heterocycles. The monoisotopic (exact) mass is 812 g/mol. The van der Waals surface area contributed by atoms with Gasteiger partial charge in [0, 0.05) is 45.1 Å². The number of rotatable bonds is 3. The van der Waals surface area contributed by atoms with Crippen molar-refractivity contribution in [3.05, 3.63) is 140 Å². The second-order valence-corrected chi connectivity index (χ2v) is 11.1. The molecule has 2 aliphatic rings. The molecule has 1 radical (unpaired) electrons. The third-order valence-corrected chi connectivity index (χ3v) is 8.08. The van der Waals surface area contributed by atoms with Crippen LogP contribution in [-0.4, -0.2) is 67.2 Å². The molecule has 3 aromatic heterocycles. The van der Waals surface area contributed by atoms with Gasteiger partial charge in [0.1, 0.15) is 17.0 Å². The van der Waals surface area contributed by atoms with Gasteiger partial charge in [-0.05, 0) is 46.1 Å². The van der Waals surface area contributed by atoms with Gasteiger partial charge in [-0.25, -0.2) is 0 Å². The minimum atomic E-state index is -0.663. The fraction of sp³-hybridized carbons (Fsp3) is 0.158. The first-order chi connectivity index (χ1) is 23.2. The molecule has 5 heterocycles. The van der Waals surface area contributed by atoms with Crippen LogP contribution < -0.4 is 0 Å². The molecular formula is C38H31IrN6O3-. The van der Waals surface area contributed by atoms with Crippen molar-refractivity contribution in [3.8, 4) is 0 Å². The number of ether oxygens (including phenoxy) is 1. The number of pyridine rings is 3. The van der Waals surface area contributed by atoms with E-state index in [2.05, 4.69) is 85.9 Å². The van der Waals surface area contributed by atoms with Gasteiger partial charge in [-0.3, -0.25) is 4.98 Å². The van der Waals surface area contributed by atoms with E-state index in [1.807, 2.05) is 67.0 Å². The first-order valence-corrected chi connectivity index (χ1v) is 15.4. The second-order valence-electron chi connectivity index (χ2n) is 11.1. The maximum absolute atomic E-state index is 9.70. The van der Waals surface area contributed by atoms with E-state index in [4.69, 9.17) is 9.84 Å². The van der Waals surface area contributed by atoms with Gasteiger partial charge in [0.15, 0.2) is 6.54 Å². The zero-order valence-electron chi connectivity index (χ0n) is 25.7. The molecule has 3 atom stereocenters. The zero-order chi connectivity index (χ0) is 32.0. The maximum atomic E-state index is 9.70. The Hall–Kier alpha value is -4.83. The van der Waals surface area contributed by atoms with Crippen molar-refractivity contribution in [2.45, 2.75) is 24.9 Å². The third-order valence-electron chi connectivity index (χ3n) is 8.08. The summed E-state index contributed by atoms with van der Waals surface area (Å²) in [5.74, 6) is 0. The predicted molar refractivity (Wildman–Crippen MR) is 181 cm³/mol. The van der Waals surface area contributed by atoms with Crippen molar-refractivity contribution in [3.63, 3.8) is 0 Å². The molecule has 0 amide bonds. The Labute approximate surface area is 290 Å². The Morgan fingerprint density at radius 3 is 1.85 bits per heavy atom. The molecule has 1 fully saturated rings. The summed E-state index contributed by atoms with van der Waals surface area (Å²) in [6, 6.07) is 40.5. The fourth-order valence-electron chi connectivity index (χ4n) is 5.69. The van der Waals surface area contributed by atoms with Gasteiger partial charge in [-0.2, -0.15) is 0 Å². The zero-order valence-corrected chi connectivity index (χ0v) is 28.1. The molecule has 0 saturated carbocycles. The minimum absolute atomic E-state index is 0.